The van der Waals surface area contributed by atoms with Gasteiger partial charge >= 0.3 is 12.1 Å². The molecule has 3 aromatic rings. The number of nitrogens with one attached hydrogen (secondary N) is 3. The number of carbonyl (C=O) groups excluding carboxylic acids is 3. The van der Waals surface area contributed by atoms with Crippen molar-refractivity contribution in [1.29, 1.82) is 0 Å². The van der Waals surface area contributed by atoms with E-state index in [9.17, 15) is 18.8 Å². The molecule has 1 aromatic heterocycles. The van der Waals surface area contributed by atoms with Gasteiger partial charge in [-0.25, -0.2) is 19.0 Å². The van der Waals surface area contributed by atoms with Crippen molar-refractivity contribution in [3.63, 3.8) is 0 Å². The van der Waals surface area contributed by atoms with Gasteiger partial charge in [-0.2, -0.15) is 0 Å². The number of hydrogen-bond acceptors (Lipinski definition) is 8. The Balaban J connectivity index is 1.25. The smallest absolute Gasteiger partial charge is 0.414 e. The summed E-state index contributed by atoms with van der Waals surface area (Å²) < 4.78 is 25.2. The first-order chi connectivity index (χ1) is 18.8. The van der Waals surface area contributed by atoms with Gasteiger partial charge in [0, 0.05) is 37.5 Å². The normalized spacial score (nSPS) is 14.8. The van der Waals surface area contributed by atoms with E-state index in [1.54, 1.807) is 19.1 Å². The average molecular weight is 556 g/mol. The molecule has 39 heavy (non-hydrogen) atoms. The Bertz CT molecular complexity index is 1320. The van der Waals surface area contributed by atoms with E-state index in [2.05, 4.69) is 20.6 Å². The molecule has 0 bridgehead atoms. The van der Waals surface area contributed by atoms with Gasteiger partial charge in [-0.1, -0.05) is 36.0 Å². The molecule has 2 heterocycles. The van der Waals surface area contributed by atoms with Gasteiger partial charge in [0.2, 0.25) is 5.91 Å². The van der Waals surface area contributed by atoms with E-state index in [0.29, 0.717) is 29.6 Å². The number of ether oxygens (including phenoxy) is 2. The summed E-state index contributed by atoms with van der Waals surface area (Å²) in [6.45, 7) is 5.25. The number of H-pyrrole nitrogens is 1. The fraction of sp³-hybridized carbons (Fsp3) is 0.333. The summed E-state index contributed by atoms with van der Waals surface area (Å²) in [7, 11) is 0. The van der Waals surface area contributed by atoms with Crippen LogP contribution in [0.15, 0.2) is 53.8 Å². The number of amides is 2. The number of hydrogen-bond donors (Lipinski definition) is 3. The Hall–Kier alpha value is -3.90. The highest BCUT2D eigenvalue weighted by Crippen LogP contribution is 2.29. The molecule has 0 radical (unpaired) electrons. The van der Waals surface area contributed by atoms with Crippen LogP contribution in [-0.2, 0) is 20.8 Å². The summed E-state index contributed by atoms with van der Waals surface area (Å²) in [4.78, 5) is 43.5. The number of thioether (sulfide) groups is 1. The van der Waals surface area contributed by atoms with Crippen molar-refractivity contribution in [3.8, 4) is 11.1 Å². The van der Waals surface area contributed by atoms with Crippen LogP contribution >= 0.6 is 11.8 Å². The Morgan fingerprint density at radius 1 is 1.26 bits per heavy atom. The van der Waals surface area contributed by atoms with Gasteiger partial charge in [0.25, 0.3) is 0 Å². The molecule has 1 saturated heterocycles. The Morgan fingerprint density at radius 3 is 2.77 bits per heavy atom. The maximum atomic E-state index is 15.0. The fourth-order valence-electron chi connectivity index (χ4n) is 3.94. The average Bonchev–Trinajstić information content (AvgIpc) is 3.54. The molecule has 2 aromatic carbocycles. The predicted molar refractivity (Wildman–Crippen MR) is 145 cm³/mol. The highest BCUT2D eigenvalue weighted by molar-refractivity contribution is 7.99. The quantitative estimate of drug-likeness (QED) is 0.175. The number of carbonyl (C=O) groups is 3. The molecular weight excluding hydrogens is 525 g/mol. The number of esters is 1. The lowest BCUT2D eigenvalue weighted by atomic mass is 10.0. The van der Waals surface area contributed by atoms with E-state index in [-0.39, 0.29) is 24.7 Å². The predicted octanol–water partition coefficient (Wildman–Crippen LogP) is 3.74. The molecule has 0 aliphatic carbocycles. The van der Waals surface area contributed by atoms with Gasteiger partial charge in [-0.15, -0.1) is 0 Å². The second kappa shape index (κ2) is 13.3. The molecule has 206 valence electrons. The monoisotopic (exact) mass is 555 g/mol. The second-order valence-electron chi connectivity index (χ2n) is 8.75. The number of halogens is 1. The zero-order chi connectivity index (χ0) is 27.8. The summed E-state index contributed by atoms with van der Waals surface area (Å²) in [6.07, 6.45) is 0.481. The van der Waals surface area contributed by atoms with Crippen molar-refractivity contribution in [2.75, 3.05) is 36.9 Å². The van der Waals surface area contributed by atoms with Crippen LogP contribution in [0.3, 0.4) is 0 Å². The van der Waals surface area contributed by atoms with Crippen LogP contribution in [-0.4, -0.2) is 66.0 Å². The van der Waals surface area contributed by atoms with Crippen molar-refractivity contribution in [3.05, 3.63) is 65.7 Å². The fourth-order valence-corrected chi connectivity index (χ4v) is 4.69. The van der Waals surface area contributed by atoms with E-state index in [1.165, 1.54) is 35.8 Å². The third-order valence-electron chi connectivity index (χ3n) is 5.87. The maximum Gasteiger partial charge on any atom is 0.414 e. The number of benzene rings is 2. The lowest BCUT2D eigenvalue weighted by molar-refractivity contribution is -0.119. The maximum absolute atomic E-state index is 15.0. The molecule has 2 amide bonds. The van der Waals surface area contributed by atoms with Gasteiger partial charge in [0.15, 0.2) is 10.9 Å². The molecule has 1 atom stereocenters. The second-order valence-corrected chi connectivity index (χ2v) is 9.83. The lowest BCUT2D eigenvalue weighted by Gasteiger charge is -2.15. The van der Waals surface area contributed by atoms with Gasteiger partial charge < -0.3 is 25.1 Å². The zero-order valence-electron chi connectivity index (χ0n) is 21.7. The van der Waals surface area contributed by atoms with Gasteiger partial charge in [0.05, 0.1) is 25.4 Å². The molecule has 12 heteroatoms. The third kappa shape index (κ3) is 7.58. The van der Waals surface area contributed by atoms with Crippen molar-refractivity contribution in [2.24, 2.45) is 0 Å². The molecular formula is C27H30FN5O5S. The van der Waals surface area contributed by atoms with E-state index in [1.807, 2.05) is 24.3 Å². The Labute approximate surface area is 229 Å². The molecule has 3 N–H and O–H groups in total. The van der Waals surface area contributed by atoms with Gasteiger partial charge in [0.1, 0.15) is 11.9 Å². The lowest BCUT2D eigenvalue weighted by Crippen LogP contribution is -2.33. The molecule has 4 rings (SSSR count). The van der Waals surface area contributed by atoms with Crippen LogP contribution in [0, 0.1) is 5.82 Å². The Kier molecular flexibility index (Phi) is 9.55. The third-order valence-corrected chi connectivity index (χ3v) is 6.76. The molecule has 10 nitrogen and oxygen atoms in total. The summed E-state index contributed by atoms with van der Waals surface area (Å²) >= 11 is 1.50. The van der Waals surface area contributed by atoms with Crippen LogP contribution in [0.25, 0.3) is 11.1 Å². The number of aromatic nitrogens is 2. The minimum absolute atomic E-state index is 0.208. The first-order valence-corrected chi connectivity index (χ1v) is 13.5. The molecule has 0 spiro atoms. The number of imidazole rings is 1. The molecule has 1 aliphatic heterocycles. The number of aromatic amines is 1. The zero-order valence-corrected chi connectivity index (χ0v) is 22.5. The van der Waals surface area contributed by atoms with Crippen LogP contribution in [0.5, 0.6) is 0 Å². The topological polar surface area (TPSA) is 126 Å². The van der Waals surface area contributed by atoms with Crippen molar-refractivity contribution in [2.45, 2.75) is 31.7 Å². The Morgan fingerprint density at radius 2 is 2.05 bits per heavy atom. The van der Waals surface area contributed by atoms with Crippen molar-refractivity contribution >= 4 is 35.4 Å². The molecule has 1 aliphatic rings. The number of cyclic esters (lactones) is 1. The molecule has 1 fully saturated rings. The summed E-state index contributed by atoms with van der Waals surface area (Å²) in [6, 6.07) is 12.2. The van der Waals surface area contributed by atoms with E-state index in [0.717, 1.165) is 23.4 Å². The summed E-state index contributed by atoms with van der Waals surface area (Å²) in [5, 5.41) is 6.63. The SMILES string of the molecule is CCOC(=O)c1c[nH]c(SCCNCc2ccc(-c3ccc(N4C[C@H](CNC(C)=O)OC4=O)cc3F)cc2)n1. The van der Waals surface area contributed by atoms with Gasteiger partial charge in [-0.05, 0) is 36.2 Å². The summed E-state index contributed by atoms with van der Waals surface area (Å²) in [5.41, 5.74) is 2.87. The van der Waals surface area contributed by atoms with Crippen LogP contribution < -0.4 is 15.5 Å². The van der Waals surface area contributed by atoms with Crippen molar-refractivity contribution in [1.82, 2.24) is 20.6 Å². The van der Waals surface area contributed by atoms with Gasteiger partial charge in [-0.3, -0.25) is 9.69 Å². The number of anilines is 1. The van der Waals surface area contributed by atoms with Crippen LogP contribution in [0.1, 0.15) is 29.9 Å². The molecule has 0 unspecified atom stereocenters. The van der Waals surface area contributed by atoms with E-state index in [4.69, 9.17) is 9.47 Å². The van der Waals surface area contributed by atoms with Crippen molar-refractivity contribution < 1.29 is 28.2 Å². The minimum Gasteiger partial charge on any atom is -0.461 e. The first kappa shape index (κ1) is 28.1. The minimum atomic E-state index is -0.571. The first-order valence-electron chi connectivity index (χ1n) is 12.5. The highest BCUT2D eigenvalue weighted by Gasteiger charge is 2.32. The largest absolute Gasteiger partial charge is 0.461 e. The van der Waals surface area contributed by atoms with E-state index < -0.39 is 24.0 Å². The molecule has 0 saturated carbocycles. The van der Waals surface area contributed by atoms with E-state index >= 15 is 0 Å². The summed E-state index contributed by atoms with van der Waals surface area (Å²) in [5.74, 6) is -0.345. The van der Waals surface area contributed by atoms with Crippen LogP contribution in [0.4, 0.5) is 14.9 Å². The van der Waals surface area contributed by atoms with Crippen LogP contribution in [0.2, 0.25) is 0 Å². The number of rotatable bonds is 12. The highest BCUT2D eigenvalue weighted by atomic mass is 32.2. The number of nitrogens with zero attached hydrogens (tertiary/aromatic N) is 2. The standard InChI is InChI=1S/C27H30FN5O5S/c1-3-37-25(35)24-15-31-26(32-24)39-11-10-29-13-18-4-6-19(7-5-18)22-9-8-20(12-23(22)28)33-16-21(38-27(33)36)14-30-17(2)34/h4-9,12,15,21,29H,3,10-11,13-14,16H2,1-2H3,(H,30,34)(H,31,32)/t21-/m0/s1.